The maximum Gasteiger partial charge on any atom is 0.305 e. The van der Waals surface area contributed by atoms with Crippen LogP contribution < -0.4 is 4.90 Å². The van der Waals surface area contributed by atoms with Crippen LogP contribution in [0.3, 0.4) is 0 Å². The van der Waals surface area contributed by atoms with Gasteiger partial charge in [-0.05, 0) is 29.8 Å². The Morgan fingerprint density at radius 1 is 1.28 bits per heavy atom. The van der Waals surface area contributed by atoms with Crippen molar-refractivity contribution in [2.24, 2.45) is 0 Å². The number of halogens is 1. The molecule has 25 heavy (non-hydrogen) atoms. The van der Waals surface area contributed by atoms with E-state index in [1.165, 1.54) is 23.7 Å². The van der Waals surface area contributed by atoms with E-state index in [1.807, 2.05) is 11.0 Å². The second-order valence-corrected chi connectivity index (χ2v) is 6.17. The van der Waals surface area contributed by atoms with Gasteiger partial charge in [-0.3, -0.25) is 4.79 Å². The zero-order chi connectivity index (χ0) is 17.6. The quantitative estimate of drug-likeness (QED) is 0.663. The normalized spacial score (nSPS) is 10.8. The smallest absolute Gasteiger partial charge is 0.305 e. The third-order valence-corrected chi connectivity index (χ3v) is 4.34. The largest absolute Gasteiger partial charge is 0.481 e. The molecule has 8 heteroatoms. The lowest BCUT2D eigenvalue weighted by Gasteiger charge is -2.19. The first kappa shape index (κ1) is 17.1. The zero-order valence-electron chi connectivity index (χ0n) is 13.3. The van der Waals surface area contributed by atoms with E-state index < -0.39 is 5.97 Å². The Morgan fingerprint density at radius 3 is 2.76 bits per heavy atom. The molecule has 2 aromatic heterocycles. The first-order valence-electron chi connectivity index (χ1n) is 7.66. The fourth-order valence-corrected chi connectivity index (χ4v) is 3.00. The van der Waals surface area contributed by atoms with Crippen molar-refractivity contribution in [1.82, 2.24) is 9.36 Å². The Labute approximate surface area is 147 Å². The summed E-state index contributed by atoms with van der Waals surface area (Å²) in [4.78, 5) is 17.2. The second-order valence-electron chi connectivity index (χ2n) is 5.44. The molecular formula is C17H16FN3O3S. The van der Waals surface area contributed by atoms with Gasteiger partial charge in [0.05, 0.1) is 19.2 Å². The molecule has 0 saturated heterocycles. The third kappa shape index (κ3) is 4.87. The summed E-state index contributed by atoms with van der Waals surface area (Å²) in [7, 11) is 0. The van der Waals surface area contributed by atoms with E-state index in [2.05, 4.69) is 9.36 Å². The summed E-state index contributed by atoms with van der Waals surface area (Å²) in [5.74, 6) is 0.182. The maximum absolute atomic E-state index is 13.0. The van der Waals surface area contributed by atoms with E-state index in [0.29, 0.717) is 30.5 Å². The van der Waals surface area contributed by atoms with Crippen LogP contribution in [0.25, 0.3) is 0 Å². The summed E-state index contributed by atoms with van der Waals surface area (Å²) in [6.07, 6.45) is 2.06. The molecule has 1 N–H and O–H groups in total. The molecule has 0 atom stereocenters. The van der Waals surface area contributed by atoms with Crippen LogP contribution in [0, 0.1) is 5.82 Å². The number of carboxylic acid groups (broad SMARTS) is 1. The van der Waals surface area contributed by atoms with Crippen LogP contribution in [0.15, 0.2) is 47.1 Å². The lowest BCUT2D eigenvalue weighted by molar-refractivity contribution is -0.136. The van der Waals surface area contributed by atoms with E-state index in [9.17, 15) is 9.18 Å². The van der Waals surface area contributed by atoms with Gasteiger partial charge < -0.3 is 14.4 Å². The summed E-state index contributed by atoms with van der Waals surface area (Å²) in [5, 5.41) is 9.58. The number of carbonyl (C=O) groups is 1. The molecule has 1 aromatic carbocycles. The molecule has 3 rings (SSSR count). The van der Waals surface area contributed by atoms with Crippen molar-refractivity contribution in [1.29, 1.82) is 0 Å². The molecule has 0 aliphatic carbocycles. The Balaban J connectivity index is 1.72. The van der Waals surface area contributed by atoms with Crippen molar-refractivity contribution < 1.29 is 18.7 Å². The minimum absolute atomic E-state index is 0.00637. The highest BCUT2D eigenvalue weighted by Crippen LogP contribution is 2.22. The molecule has 2 heterocycles. The van der Waals surface area contributed by atoms with Crippen LogP contribution in [0.2, 0.25) is 0 Å². The van der Waals surface area contributed by atoms with E-state index in [1.54, 1.807) is 24.5 Å². The predicted molar refractivity (Wildman–Crippen MR) is 91.1 cm³/mol. The molecule has 0 bridgehead atoms. The minimum Gasteiger partial charge on any atom is -0.481 e. The number of hydrogen-bond acceptors (Lipinski definition) is 6. The summed E-state index contributed by atoms with van der Waals surface area (Å²) >= 11 is 1.21. The zero-order valence-corrected chi connectivity index (χ0v) is 14.1. The van der Waals surface area contributed by atoms with Crippen LogP contribution in [-0.2, 0) is 17.8 Å². The molecule has 0 aliphatic rings. The van der Waals surface area contributed by atoms with Gasteiger partial charge in [0.2, 0.25) is 5.13 Å². The van der Waals surface area contributed by atoms with Gasteiger partial charge in [-0.25, -0.2) is 9.37 Å². The molecule has 3 aromatic rings. The molecule has 0 spiro atoms. The highest BCUT2D eigenvalue weighted by molar-refractivity contribution is 7.09. The molecule has 0 radical (unpaired) electrons. The Morgan fingerprint density at radius 2 is 2.08 bits per heavy atom. The summed E-state index contributed by atoms with van der Waals surface area (Å²) in [6.45, 7) is 0.729. The highest BCUT2D eigenvalue weighted by atomic mass is 32.1. The molecule has 0 fully saturated rings. The number of furan rings is 1. The second kappa shape index (κ2) is 7.89. The van der Waals surface area contributed by atoms with Gasteiger partial charge in [0.25, 0.3) is 0 Å². The Hall–Kier alpha value is -2.74. The van der Waals surface area contributed by atoms with E-state index in [-0.39, 0.29) is 12.2 Å². The molecule has 0 amide bonds. The van der Waals surface area contributed by atoms with Crippen LogP contribution >= 0.6 is 11.5 Å². The predicted octanol–water partition coefficient (Wildman–Crippen LogP) is 3.34. The average Bonchev–Trinajstić information content (AvgIpc) is 3.25. The highest BCUT2D eigenvalue weighted by Gasteiger charge is 2.16. The topological polar surface area (TPSA) is 79.5 Å². The number of anilines is 1. The lowest BCUT2D eigenvalue weighted by atomic mass is 10.1. The van der Waals surface area contributed by atoms with Crippen molar-refractivity contribution >= 4 is 22.6 Å². The van der Waals surface area contributed by atoms with Gasteiger partial charge in [-0.1, -0.05) is 12.1 Å². The van der Waals surface area contributed by atoms with E-state index >= 15 is 0 Å². The summed E-state index contributed by atoms with van der Waals surface area (Å²) in [5.41, 5.74) is 0.911. The van der Waals surface area contributed by atoms with Crippen molar-refractivity contribution in [2.75, 3.05) is 11.4 Å². The SMILES string of the molecule is O=C(O)CCN(Cc1ccco1)c1nc(Cc2ccc(F)cc2)ns1. The number of carboxylic acids is 1. The van der Waals surface area contributed by atoms with Gasteiger partial charge in [0, 0.05) is 24.5 Å². The summed E-state index contributed by atoms with van der Waals surface area (Å²) in [6, 6.07) is 9.80. The monoisotopic (exact) mass is 361 g/mol. The van der Waals surface area contributed by atoms with E-state index in [4.69, 9.17) is 9.52 Å². The van der Waals surface area contributed by atoms with Crippen LogP contribution in [0.4, 0.5) is 9.52 Å². The van der Waals surface area contributed by atoms with Crippen LogP contribution in [0.1, 0.15) is 23.6 Å². The van der Waals surface area contributed by atoms with Crippen molar-refractivity contribution in [3.05, 3.63) is 65.6 Å². The Bertz CT molecular complexity index is 818. The van der Waals surface area contributed by atoms with Crippen LogP contribution in [0.5, 0.6) is 0 Å². The summed E-state index contributed by atoms with van der Waals surface area (Å²) < 4.78 is 22.6. The lowest BCUT2D eigenvalue weighted by Crippen LogP contribution is -2.25. The molecular weight excluding hydrogens is 345 g/mol. The van der Waals surface area contributed by atoms with Crippen LogP contribution in [-0.4, -0.2) is 27.0 Å². The number of nitrogens with zero attached hydrogens (tertiary/aromatic N) is 3. The fourth-order valence-electron chi connectivity index (χ4n) is 2.29. The van der Waals surface area contributed by atoms with E-state index in [0.717, 1.165) is 11.3 Å². The van der Waals surface area contributed by atoms with Crippen molar-refractivity contribution in [2.45, 2.75) is 19.4 Å². The maximum atomic E-state index is 13.0. The molecule has 0 saturated carbocycles. The number of aromatic nitrogens is 2. The molecule has 0 unspecified atom stereocenters. The standard InChI is InChI=1S/C17H16FN3O3S/c18-13-5-3-12(4-6-13)10-15-19-17(25-20-15)21(8-7-16(22)23)11-14-2-1-9-24-14/h1-6,9H,7-8,10-11H2,(H,22,23). The average molecular weight is 361 g/mol. The van der Waals surface area contributed by atoms with Gasteiger partial charge in [-0.2, -0.15) is 4.37 Å². The van der Waals surface area contributed by atoms with Gasteiger partial charge >= 0.3 is 5.97 Å². The third-order valence-electron chi connectivity index (χ3n) is 3.53. The first-order valence-corrected chi connectivity index (χ1v) is 8.43. The number of hydrogen-bond donors (Lipinski definition) is 1. The first-order chi connectivity index (χ1) is 12.1. The minimum atomic E-state index is -0.875. The molecule has 0 aliphatic heterocycles. The number of rotatable bonds is 8. The van der Waals surface area contributed by atoms with Gasteiger partial charge in [0.1, 0.15) is 17.4 Å². The van der Waals surface area contributed by atoms with Gasteiger partial charge in [-0.15, -0.1) is 0 Å². The van der Waals surface area contributed by atoms with Gasteiger partial charge in [0.15, 0.2) is 0 Å². The molecule has 130 valence electrons. The van der Waals surface area contributed by atoms with Crippen molar-refractivity contribution in [3.8, 4) is 0 Å². The number of aliphatic carboxylic acids is 1. The van der Waals surface area contributed by atoms with Crippen molar-refractivity contribution in [3.63, 3.8) is 0 Å². The molecule has 6 nitrogen and oxygen atoms in total. The Kier molecular flexibility index (Phi) is 5.39. The number of benzene rings is 1. The fraction of sp³-hybridized carbons (Fsp3) is 0.235.